The molecule has 6 heteroatoms. The van der Waals surface area contributed by atoms with Gasteiger partial charge in [-0.1, -0.05) is 0 Å². The van der Waals surface area contributed by atoms with Crippen LogP contribution in [0.3, 0.4) is 0 Å². The van der Waals surface area contributed by atoms with Gasteiger partial charge in [-0.15, -0.1) is 0 Å². The standard InChI is InChI=1S/K.H2O3Te.H2O/c;1-4(2)3;/h;(H2,1,2,3);1H2/q+1;;/p-2. The third kappa shape index (κ3) is 35.9. The van der Waals surface area contributed by atoms with Gasteiger partial charge < -0.3 is 5.48 Å². The van der Waals surface area contributed by atoms with Crippen LogP contribution in [0.4, 0.5) is 0 Å². The predicted molar refractivity (Wildman–Crippen MR) is 10.1 cm³/mol. The minimum Gasteiger partial charge on any atom is 1.00 e. The molecule has 0 aliphatic rings. The van der Waals surface area contributed by atoms with Crippen molar-refractivity contribution in [3.63, 3.8) is 0 Å². The van der Waals surface area contributed by atoms with Crippen LogP contribution >= 0.6 is 0 Å². The Morgan fingerprint density at radius 1 is 1.33 bits per heavy atom. The van der Waals surface area contributed by atoms with E-state index in [1.807, 2.05) is 0 Å². The maximum atomic E-state index is 8.59. The van der Waals surface area contributed by atoms with Crippen molar-refractivity contribution in [2.24, 2.45) is 0 Å². The molecule has 0 heterocycles. The summed E-state index contributed by atoms with van der Waals surface area (Å²) in [5.41, 5.74) is 0. The average Bonchev–Trinajstić information content (AvgIpc) is 0.811. The summed E-state index contributed by atoms with van der Waals surface area (Å²) in [6.45, 7) is 0. The van der Waals surface area contributed by atoms with Gasteiger partial charge in [0, 0.05) is 0 Å². The van der Waals surface area contributed by atoms with E-state index in [1.165, 1.54) is 0 Å². The Labute approximate surface area is 85.4 Å². The van der Waals surface area contributed by atoms with Gasteiger partial charge in [0.2, 0.25) is 0 Å². The van der Waals surface area contributed by atoms with Gasteiger partial charge >= 0.3 is 81.8 Å². The molecule has 0 aromatic heterocycles. The fourth-order valence-corrected chi connectivity index (χ4v) is 0. The summed E-state index contributed by atoms with van der Waals surface area (Å²) >= 11 is -4.11. The summed E-state index contributed by atoms with van der Waals surface area (Å²) in [6, 6.07) is 0. The fourth-order valence-electron chi connectivity index (χ4n) is 0. The van der Waals surface area contributed by atoms with E-state index in [-0.39, 0.29) is 56.9 Å². The van der Waals surface area contributed by atoms with Gasteiger partial charge in [-0.3, -0.25) is 0 Å². The van der Waals surface area contributed by atoms with E-state index < -0.39 is 20.4 Å². The molecule has 6 heavy (non-hydrogen) atoms. The Bertz CT molecular complexity index is 30.5. The van der Waals surface area contributed by atoms with Gasteiger partial charge in [0.15, 0.2) is 0 Å². The molecule has 0 saturated heterocycles. The third-order valence-electron chi connectivity index (χ3n) is 0. The van der Waals surface area contributed by atoms with Crippen molar-refractivity contribution < 1.29 is 66.9 Å². The molecule has 0 atom stereocenters. The molecule has 0 fully saturated rings. The summed E-state index contributed by atoms with van der Waals surface area (Å²) in [7, 11) is 0. The Morgan fingerprint density at radius 3 is 1.33 bits per heavy atom. The first kappa shape index (κ1) is 15.7. The third-order valence-corrected chi connectivity index (χ3v) is 0. The van der Waals surface area contributed by atoms with Crippen LogP contribution < -0.4 is 58.3 Å². The predicted octanol–water partition coefficient (Wildman–Crippen LogP) is -6.70. The van der Waals surface area contributed by atoms with Crippen molar-refractivity contribution in [1.29, 1.82) is 0 Å². The maximum Gasteiger partial charge on any atom is 1.00 e. The van der Waals surface area contributed by atoms with Crippen LogP contribution in [-0.4, -0.2) is 25.8 Å². The Kier molecular flexibility index (Phi) is 26.6. The molecule has 0 unspecified atom stereocenters. The van der Waals surface area contributed by atoms with Crippen molar-refractivity contribution in [2.75, 3.05) is 0 Å². The fraction of sp³-hybridized carbons (Fsp3) is 0. The average molecular weight is 233 g/mol. The van der Waals surface area contributed by atoms with E-state index in [2.05, 4.69) is 0 Å². The smallest absolute Gasteiger partial charge is 1.00 e. The molecule has 34 valence electrons. The van der Waals surface area contributed by atoms with Crippen molar-refractivity contribution >= 4 is 20.4 Å². The van der Waals surface area contributed by atoms with Crippen molar-refractivity contribution in [2.45, 2.75) is 0 Å². The maximum absolute atomic E-state index is 8.59. The zero-order chi connectivity index (χ0) is 3.58. The Morgan fingerprint density at radius 2 is 1.33 bits per heavy atom. The minimum atomic E-state index is -4.11. The zero-order valence-corrected chi connectivity index (χ0v) is 8.59. The topological polar surface area (TPSA) is 94.7 Å². The molecule has 0 aromatic rings. The molecule has 2 N–H and O–H groups in total. The molecule has 0 rings (SSSR count). The summed E-state index contributed by atoms with van der Waals surface area (Å²) in [4.78, 5) is 0. The molecule has 4 nitrogen and oxygen atoms in total. The number of hydrogen-bond donors (Lipinski definition) is 0. The van der Waals surface area contributed by atoms with Crippen molar-refractivity contribution in [3.8, 4) is 0 Å². The van der Waals surface area contributed by atoms with Crippen LogP contribution in [0, 0.1) is 0 Å². The first-order valence-corrected chi connectivity index (χ1v) is 3.35. The van der Waals surface area contributed by atoms with Crippen LogP contribution in [0.5, 0.6) is 0 Å². The van der Waals surface area contributed by atoms with Crippen molar-refractivity contribution in [3.05, 3.63) is 0 Å². The van der Waals surface area contributed by atoms with E-state index >= 15 is 0 Å². The molecule has 0 spiro atoms. The van der Waals surface area contributed by atoms with Gasteiger partial charge in [-0.25, -0.2) is 0 Å². The largest absolute Gasteiger partial charge is 1.00 e. The van der Waals surface area contributed by atoms with Crippen LogP contribution in [0.1, 0.15) is 0 Å². The molecule has 0 saturated carbocycles. The van der Waals surface area contributed by atoms with Crippen molar-refractivity contribution in [1.82, 2.24) is 0 Å². The second-order valence-electron chi connectivity index (χ2n) is 0.204. The summed E-state index contributed by atoms with van der Waals surface area (Å²) in [5.74, 6) is 0. The Hall–Kier alpha value is 2.11. The van der Waals surface area contributed by atoms with Gasteiger partial charge in [-0.05, 0) is 0 Å². The van der Waals surface area contributed by atoms with E-state index in [9.17, 15) is 0 Å². The monoisotopic (exact) mass is 235 g/mol. The minimum absolute atomic E-state index is 0. The molecule has 0 radical (unpaired) electrons. The quantitative estimate of drug-likeness (QED) is 0.389. The van der Waals surface area contributed by atoms with Gasteiger partial charge in [0.25, 0.3) is 0 Å². The van der Waals surface area contributed by atoms with Gasteiger partial charge in [0.05, 0.1) is 0 Å². The Balaban J connectivity index is -0.0000000450. The summed E-state index contributed by atoms with van der Waals surface area (Å²) < 4.78 is 25.8. The molecule has 0 aliphatic carbocycles. The molecular formula is H2KO4Te-. The van der Waals surface area contributed by atoms with E-state index in [4.69, 9.17) is 10.0 Å². The van der Waals surface area contributed by atoms with Gasteiger partial charge in [-0.2, -0.15) is 0 Å². The van der Waals surface area contributed by atoms with Crippen LogP contribution in [0.2, 0.25) is 0 Å². The zero-order valence-electron chi connectivity index (χ0n) is 3.13. The summed E-state index contributed by atoms with van der Waals surface area (Å²) in [5, 5.41) is 0. The van der Waals surface area contributed by atoms with Crippen LogP contribution in [0.25, 0.3) is 0 Å². The van der Waals surface area contributed by atoms with Gasteiger partial charge in [0.1, 0.15) is 0 Å². The van der Waals surface area contributed by atoms with Crippen LogP contribution in [-0.2, 0) is 3.10 Å². The number of hydrogen-bond acceptors (Lipinski definition) is 3. The molecular weight excluding hydrogens is 231 g/mol. The molecule has 0 amide bonds. The molecule has 0 aromatic carbocycles. The first-order chi connectivity index (χ1) is 1.73. The second-order valence-corrected chi connectivity index (χ2v) is 1.37. The first-order valence-electron chi connectivity index (χ1n) is 0.500. The SMILES string of the molecule is O.O=[Te]([O-])[O-].[K+]. The van der Waals surface area contributed by atoms with Crippen LogP contribution in [0.15, 0.2) is 0 Å². The number of rotatable bonds is 0. The normalized spacial score (nSPS) is 5.83. The van der Waals surface area contributed by atoms with E-state index in [0.717, 1.165) is 0 Å². The van der Waals surface area contributed by atoms with E-state index in [1.54, 1.807) is 0 Å². The second kappa shape index (κ2) is 10.2. The molecule has 0 bridgehead atoms. The summed E-state index contributed by atoms with van der Waals surface area (Å²) in [6.07, 6.45) is 0. The van der Waals surface area contributed by atoms with E-state index in [0.29, 0.717) is 0 Å². The molecule has 0 aliphatic heterocycles.